The van der Waals surface area contributed by atoms with Gasteiger partial charge < -0.3 is 10.1 Å². The Labute approximate surface area is 93.5 Å². The summed E-state index contributed by atoms with van der Waals surface area (Å²) < 4.78 is 39.2. The molecule has 90 valence electrons. The van der Waals surface area contributed by atoms with Crippen LogP contribution >= 0.6 is 0 Å². The van der Waals surface area contributed by atoms with E-state index in [0.29, 0.717) is 5.69 Å². The number of halogens is 1. The van der Waals surface area contributed by atoms with Gasteiger partial charge in [0, 0.05) is 18.3 Å². The smallest absolute Gasteiger partial charge is 0.210 e. The van der Waals surface area contributed by atoms with Crippen molar-refractivity contribution in [1.82, 2.24) is 0 Å². The predicted molar refractivity (Wildman–Crippen MR) is 59.4 cm³/mol. The zero-order chi connectivity index (χ0) is 12.2. The Morgan fingerprint density at radius 1 is 1.50 bits per heavy atom. The van der Waals surface area contributed by atoms with Crippen LogP contribution in [0, 0.1) is 5.82 Å². The standard InChI is InChI=1S/C9H13FN2O3S/c1-15-9-3-2-7(6-8(9)10)12-4-5-16(11,13)14/h2-3,6,12H,4-5H2,1H3,(H2,11,13,14). The van der Waals surface area contributed by atoms with E-state index in [9.17, 15) is 12.8 Å². The number of hydrogen-bond donors (Lipinski definition) is 2. The first kappa shape index (κ1) is 12.7. The van der Waals surface area contributed by atoms with Crippen molar-refractivity contribution in [3.63, 3.8) is 0 Å². The number of primary sulfonamides is 1. The maximum Gasteiger partial charge on any atom is 0.210 e. The number of anilines is 1. The van der Waals surface area contributed by atoms with Crippen LogP contribution in [0.2, 0.25) is 0 Å². The van der Waals surface area contributed by atoms with Crippen LogP contribution in [0.1, 0.15) is 0 Å². The number of rotatable bonds is 5. The van der Waals surface area contributed by atoms with Gasteiger partial charge in [-0.3, -0.25) is 0 Å². The van der Waals surface area contributed by atoms with Crippen molar-refractivity contribution in [2.75, 3.05) is 24.7 Å². The van der Waals surface area contributed by atoms with E-state index < -0.39 is 15.8 Å². The van der Waals surface area contributed by atoms with Gasteiger partial charge in [0.05, 0.1) is 12.9 Å². The first-order valence-corrected chi connectivity index (χ1v) is 6.22. The van der Waals surface area contributed by atoms with E-state index in [-0.39, 0.29) is 18.0 Å². The largest absolute Gasteiger partial charge is 0.494 e. The van der Waals surface area contributed by atoms with Crippen LogP contribution in [0.5, 0.6) is 5.75 Å². The molecule has 0 atom stereocenters. The molecule has 0 amide bonds. The third-order valence-corrected chi connectivity index (χ3v) is 2.64. The zero-order valence-corrected chi connectivity index (χ0v) is 9.55. The van der Waals surface area contributed by atoms with Crippen molar-refractivity contribution >= 4 is 15.7 Å². The fourth-order valence-electron chi connectivity index (χ4n) is 1.11. The molecule has 1 aromatic carbocycles. The molecular formula is C9H13FN2O3S. The molecule has 0 fully saturated rings. The van der Waals surface area contributed by atoms with Gasteiger partial charge in [0.1, 0.15) is 0 Å². The molecule has 1 aromatic rings. The van der Waals surface area contributed by atoms with E-state index in [1.165, 1.54) is 19.2 Å². The van der Waals surface area contributed by atoms with Crippen LogP contribution in [0.25, 0.3) is 0 Å². The highest BCUT2D eigenvalue weighted by molar-refractivity contribution is 7.89. The lowest BCUT2D eigenvalue weighted by molar-refractivity contribution is 0.386. The Hall–Kier alpha value is -1.34. The van der Waals surface area contributed by atoms with E-state index in [4.69, 9.17) is 9.88 Å². The summed E-state index contributed by atoms with van der Waals surface area (Å²) >= 11 is 0. The van der Waals surface area contributed by atoms with Crippen molar-refractivity contribution < 1.29 is 17.5 Å². The van der Waals surface area contributed by atoms with Crippen LogP contribution in [0.15, 0.2) is 18.2 Å². The van der Waals surface area contributed by atoms with Crippen LogP contribution in [0.4, 0.5) is 10.1 Å². The topological polar surface area (TPSA) is 81.4 Å². The Morgan fingerprint density at radius 2 is 2.19 bits per heavy atom. The number of benzene rings is 1. The molecule has 0 aliphatic carbocycles. The number of methoxy groups -OCH3 is 1. The fourth-order valence-corrected chi connectivity index (χ4v) is 1.50. The number of nitrogens with one attached hydrogen (secondary N) is 1. The minimum absolute atomic E-state index is 0.130. The maximum absolute atomic E-state index is 13.2. The van der Waals surface area contributed by atoms with E-state index in [0.717, 1.165) is 0 Å². The highest BCUT2D eigenvalue weighted by Gasteiger charge is 2.05. The minimum Gasteiger partial charge on any atom is -0.494 e. The van der Waals surface area contributed by atoms with Gasteiger partial charge in [-0.15, -0.1) is 0 Å². The summed E-state index contributed by atoms with van der Waals surface area (Å²) in [5, 5.41) is 7.55. The van der Waals surface area contributed by atoms with E-state index in [2.05, 4.69) is 5.32 Å². The quantitative estimate of drug-likeness (QED) is 0.796. The van der Waals surface area contributed by atoms with Crippen LogP contribution in [-0.4, -0.2) is 27.8 Å². The molecule has 7 heteroatoms. The fraction of sp³-hybridized carbons (Fsp3) is 0.333. The molecule has 0 spiro atoms. The molecule has 0 bridgehead atoms. The molecule has 0 saturated heterocycles. The summed E-state index contributed by atoms with van der Waals surface area (Å²) in [4.78, 5) is 0. The number of sulfonamides is 1. The molecular weight excluding hydrogens is 235 g/mol. The van der Waals surface area contributed by atoms with Gasteiger partial charge in [-0.1, -0.05) is 0 Å². The van der Waals surface area contributed by atoms with E-state index >= 15 is 0 Å². The number of nitrogens with two attached hydrogens (primary N) is 1. The Morgan fingerprint density at radius 3 is 2.69 bits per heavy atom. The summed E-state index contributed by atoms with van der Waals surface area (Å²) in [5.74, 6) is -0.583. The van der Waals surface area contributed by atoms with Gasteiger partial charge in [0.15, 0.2) is 11.6 Å². The average Bonchev–Trinajstić information content (AvgIpc) is 2.16. The SMILES string of the molecule is COc1ccc(NCCS(N)(=O)=O)cc1F. The predicted octanol–water partition coefficient (Wildman–Crippen LogP) is 0.535. The van der Waals surface area contributed by atoms with Crippen molar-refractivity contribution in [1.29, 1.82) is 0 Å². The van der Waals surface area contributed by atoms with Crippen molar-refractivity contribution in [3.05, 3.63) is 24.0 Å². The maximum atomic E-state index is 13.2. The first-order chi connectivity index (χ1) is 7.42. The molecule has 0 aromatic heterocycles. The molecule has 3 N–H and O–H groups in total. The normalized spacial score (nSPS) is 11.2. The monoisotopic (exact) mass is 248 g/mol. The Bertz CT molecular complexity index is 462. The van der Waals surface area contributed by atoms with Gasteiger partial charge >= 0.3 is 0 Å². The second kappa shape index (κ2) is 5.13. The molecule has 0 saturated carbocycles. The highest BCUT2D eigenvalue weighted by Crippen LogP contribution is 2.20. The molecule has 1 rings (SSSR count). The number of hydrogen-bond acceptors (Lipinski definition) is 4. The summed E-state index contributed by atoms with van der Waals surface area (Å²) in [6.45, 7) is 0.130. The lowest BCUT2D eigenvalue weighted by Gasteiger charge is -2.07. The molecule has 0 heterocycles. The second-order valence-electron chi connectivity index (χ2n) is 3.14. The molecule has 0 aliphatic heterocycles. The summed E-state index contributed by atoms with van der Waals surface area (Å²) in [6.07, 6.45) is 0. The Kier molecular flexibility index (Phi) is 4.08. The average molecular weight is 248 g/mol. The van der Waals surface area contributed by atoms with Crippen molar-refractivity contribution in [2.45, 2.75) is 0 Å². The van der Waals surface area contributed by atoms with Gasteiger partial charge in [0.2, 0.25) is 10.0 Å². The summed E-state index contributed by atoms with van der Waals surface area (Å²) in [6, 6.07) is 4.27. The van der Waals surface area contributed by atoms with E-state index in [1.807, 2.05) is 0 Å². The van der Waals surface area contributed by atoms with E-state index in [1.54, 1.807) is 6.07 Å². The molecule has 0 aliphatic rings. The minimum atomic E-state index is -3.50. The molecule has 16 heavy (non-hydrogen) atoms. The highest BCUT2D eigenvalue weighted by atomic mass is 32.2. The van der Waals surface area contributed by atoms with Gasteiger partial charge in [-0.25, -0.2) is 17.9 Å². The summed E-state index contributed by atoms with van der Waals surface area (Å²) in [7, 11) is -2.13. The third kappa shape index (κ3) is 4.03. The van der Waals surface area contributed by atoms with Crippen LogP contribution in [-0.2, 0) is 10.0 Å². The van der Waals surface area contributed by atoms with Gasteiger partial charge in [-0.05, 0) is 12.1 Å². The lowest BCUT2D eigenvalue weighted by atomic mass is 10.3. The lowest BCUT2D eigenvalue weighted by Crippen LogP contribution is -2.22. The Balaban J connectivity index is 2.59. The third-order valence-electron chi connectivity index (χ3n) is 1.87. The van der Waals surface area contributed by atoms with Gasteiger partial charge in [-0.2, -0.15) is 0 Å². The second-order valence-corrected chi connectivity index (χ2v) is 4.88. The van der Waals surface area contributed by atoms with Crippen molar-refractivity contribution in [2.24, 2.45) is 5.14 Å². The molecule has 0 unspecified atom stereocenters. The van der Waals surface area contributed by atoms with Gasteiger partial charge in [0.25, 0.3) is 0 Å². The van der Waals surface area contributed by atoms with Crippen LogP contribution < -0.4 is 15.2 Å². The summed E-state index contributed by atoms with van der Waals surface area (Å²) in [5.41, 5.74) is 0.474. The molecule has 0 radical (unpaired) electrons. The zero-order valence-electron chi connectivity index (χ0n) is 8.73. The van der Waals surface area contributed by atoms with Crippen LogP contribution in [0.3, 0.4) is 0 Å². The van der Waals surface area contributed by atoms with Crippen molar-refractivity contribution in [3.8, 4) is 5.75 Å². The first-order valence-electron chi connectivity index (χ1n) is 4.50. The number of ether oxygens (including phenoxy) is 1. The molecule has 5 nitrogen and oxygen atoms in total.